The Morgan fingerprint density at radius 2 is 1.93 bits per heavy atom. The Kier molecular flexibility index (Phi) is 6.58. The highest BCUT2D eigenvalue weighted by Gasteiger charge is 2.41. The molecule has 2 aromatic rings. The van der Waals surface area contributed by atoms with Crippen molar-refractivity contribution in [1.29, 1.82) is 0 Å². The highest BCUT2D eigenvalue weighted by Crippen LogP contribution is 2.40. The number of nitrogens with zero attached hydrogens (tertiary/aromatic N) is 2. The number of para-hydroxylation sites is 1. The molecule has 4 nitrogen and oxygen atoms in total. The minimum Gasteiger partial charge on any atom is -0.494 e. The lowest BCUT2D eigenvalue weighted by Gasteiger charge is -2.35. The van der Waals surface area contributed by atoms with E-state index in [1.165, 1.54) is 18.2 Å². The van der Waals surface area contributed by atoms with E-state index in [4.69, 9.17) is 9.73 Å². The average molecular weight is 421 g/mol. The first kappa shape index (κ1) is 20.7. The Bertz CT molecular complexity index is 955. The van der Waals surface area contributed by atoms with Gasteiger partial charge in [0, 0.05) is 6.04 Å². The maximum atomic E-state index is 13.5. The van der Waals surface area contributed by atoms with Crippen molar-refractivity contribution in [3.8, 4) is 5.75 Å². The topological polar surface area (TPSA) is 41.9 Å². The quantitative estimate of drug-likeness (QED) is 0.536. The van der Waals surface area contributed by atoms with Crippen LogP contribution < -0.4 is 4.74 Å². The second kappa shape index (κ2) is 9.52. The zero-order chi connectivity index (χ0) is 20.9. The van der Waals surface area contributed by atoms with Crippen molar-refractivity contribution in [3.63, 3.8) is 0 Å². The first-order valence-corrected chi connectivity index (χ1v) is 11.6. The molecule has 1 amide bonds. The number of thioether (sulfide) groups is 1. The Hall–Kier alpha value is -2.53. The molecule has 0 aromatic heterocycles. The molecule has 1 heterocycles. The van der Waals surface area contributed by atoms with E-state index in [2.05, 4.69) is 6.92 Å². The molecule has 2 fully saturated rings. The van der Waals surface area contributed by atoms with E-state index in [0.29, 0.717) is 12.5 Å². The minimum atomic E-state index is 0.0650. The molecule has 1 saturated heterocycles. The van der Waals surface area contributed by atoms with E-state index < -0.39 is 0 Å². The summed E-state index contributed by atoms with van der Waals surface area (Å²) in [7, 11) is 0. The maximum Gasteiger partial charge on any atom is 0.267 e. The van der Waals surface area contributed by atoms with Crippen molar-refractivity contribution >= 4 is 34.6 Å². The molecule has 2 aliphatic rings. The summed E-state index contributed by atoms with van der Waals surface area (Å²) in [5.74, 6) is 1.36. The molecule has 30 heavy (non-hydrogen) atoms. The predicted octanol–water partition coefficient (Wildman–Crippen LogP) is 6.27. The molecule has 0 N–H and O–H groups in total. The van der Waals surface area contributed by atoms with Crippen LogP contribution in [0.25, 0.3) is 6.08 Å². The fraction of sp³-hybridized carbons (Fsp3) is 0.360. The van der Waals surface area contributed by atoms with Crippen LogP contribution in [0.4, 0.5) is 5.69 Å². The summed E-state index contributed by atoms with van der Waals surface area (Å²) in [4.78, 5) is 21.0. The monoisotopic (exact) mass is 420 g/mol. The average Bonchev–Trinajstić information content (AvgIpc) is 3.04. The van der Waals surface area contributed by atoms with Gasteiger partial charge in [0.2, 0.25) is 0 Å². The fourth-order valence-electron chi connectivity index (χ4n) is 4.16. The summed E-state index contributed by atoms with van der Waals surface area (Å²) < 4.78 is 5.61. The zero-order valence-electron chi connectivity index (χ0n) is 17.6. The SMILES string of the molecule is CCOc1cccc(/C=C2\SC(=Nc3ccccc3)N([C@H]3CCCC[C@@H]3C)C2=O)c1. The van der Waals surface area contributed by atoms with Crippen molar-refractivity contribution in [1.82, 2.24) is 4.90 Å². The highest BCUT2D eigenvalue weighted by molar-refractivity contribution is 8.18. The molecule has 1 saturated carbocycles. The van der Waals surface area contributed by atoms with Crippen LogP contribution in [0.3, 0.4) is 0 Å². The van der Waals surface area contributed by atoms with Crippen LogP contribution in [0, 0.1) is 5.92 Å². The van der Waals surface area contributed by atoms with Gasteiger partial charge in [-0.2, -0.15) is 0 Å². The van der Waals surface area contributed by atoms with Crippen LogP contribution >= 0.6 is 11.8 Å². The first-order valence-electron chi connectivity index (χ1n) is 10.8. The van der Waals surface area contributed by atoms with Crippen molar-refractivity contribution in [2.75, 3.05) is 6.61 Å². The Morgan fingerprint density at radius 3 is 2.70 bits per heavy atom. The number of hydrogen-bond acceptors (Lipinski definition) is 4. The van der Waals surface area contributed by atoms with E-state index in [0.717, 1.165) is 46.3 Å². The Morgan fingerprint density at radius 1 is 1.13 bits per heavy atom. The zero-order valence-corrected chi connectivity index (χ0v) is 18.4. The molecule has 5 heteroatoms. The predicted molar refractivity (Wildman–Crippen MR) is 125 cm³/mol. The number of hydrogen-bond donors (Lipinski definition) is 0. The normalized spacial score (nSPS) is 24.6. The lowest BCUT2D eigenvalue weighted by atomic mass is 9.85. The van der Waals surface area contributed by atoms with Crippen LogP contribution in [0.5, 0.6) is 5.75 Å². The lowest BCUT2D eigenvalue weighted by molar-refractivity contribution is -0.124. The molecule has 1 aliphatic carbocycles. The molecular weight excluding hydrogens is 392 g/mol. The molecule has 156 valence electrons. The van der Waals surface area contributed by atoms with Crippen LogP contribution in [0.15, 0.2) is 64.5 Å². The molecular formula is C25H28N2O2S. The molecule has 2 aromatic carbocycles. The van der Waals surface area contributed by atoms with Crippen molar-refractivity contribution < 1.29 is 9.53 Å². The molecule has 0 bridgehead atoms. The third kappa shape index (κ3) is 4.62. The Balaban J connectivity index is 1.69. The van der Waals surface area contributed by atoms with Gasteiger partial charge in [-0.05, 0) is 73.4 Å². The summed E-state index contributed by atoms with van der Waals surface area (Å²) >= 11 is 1.48. The number of amidine groups is 1. The smallest absolute Gasteiger partial charge is 0.267 e. The van der Waals surface area contributed by atoms with E-state index >= 15 is 0 Å². The van der Waals surface area contributed by atoms with Crippen LogP contribution in [0.1, 0.15) is 45.1 Å². The number of benzene rings is 2. The third-order valence-electron chi connectivity index (χ3n) is 5.68. The molecule has 2 atom stereocenters. The molecule has 1 aliphatic heterocycles. The van der Waals surface area contributed by atoms with Gasteiger partial charge >= 0.3 is 0 Å². The number of ether oxygens (including phenoxy) is 1. The molecule has 0 unspecified atom stereocenters. The maximum absolute atomic E-state index is 13.5. The van der Waals surface area contributed by atoms with Gasteiger partial charge in [0.15, 0.2) is 5.17 Å². The van der Waals surface area contributed by atoms with E-state index in [9.17, 15) is 4.79 Å². The van der Waals surface area contributed by atoms with Crippen LogP contribution in [0.2, 0.25) is 0 Å². The number of amides is 1. The fourth-order valence-corrected chi connectivity index (χ4v) is 5.21. The molecule has 4 rings (SSSR count). The van der Waals surface area contributed by atoms with Crippen LogP contribution in [-0.4, -0.2) is 28.6 Å². The van der Waals surface area contributed by atoms with E-state index in [-0.39, 0.29) is 11.9 Å². The van der Waals surface area contributed by atoms with E-state index in [1.54, 1.807) is 0 Å². The van der Waals surface area contributed by atoms with Gasteiger partial charge in [0.25, 0.3) is 5.91 Å². The van der Waals surface area contributed by atoms with Gasteiger partial charge < -0.3 is 4.74 Å². The third-order valence-corrected chi connectivity index (χ3v) is 6.67. The van der Waals surface area contributed by atoms with Crippen molar-refractivity contribution in [3.05, 3.63) is 65.1 Å². The number of carbonyl (C=O) groups excluding carboxylic acids is 1. The summed E-state index contributed by atoms with van der Waals surface area (Å²) in [6.07, 6.45) is 6.56. The summed E-state index contributed by atoms with van der Waals surface area (Å²) in [5, 5.41) is 0.789. The van der Waals surface area contributed by atoms with Crippen molar-refractivity contribution in [2.24, 2.45) is 10.9 Å². The van der Waals surface area contributed by atoms with Gasteiger partial charge in [0.1, 0.15) is 5.75 Å². The number of aliphatic imine (C=N–C) groups is 1. The van der Waals surface area contributed by atoms with Gasteiger partial charge in [-0.15, -0.1) is 0 Å². The van der Waals surface area contributed by atoms with Crippen molar-refractivity contribution in [2.45, 2.75) is 45.6 Å². The van der Waals surface area contributed by atoms with Gasteiger partial charge in [-0.1, -0.05) is 50.1 Å². The first-order chi connectivity index (χ1) is 14.7. The standard InChI is InChI=1S/C25H28N2O2S/c1-3-29-21-14-9-11-19(16-21)17-23-24(28)27(22-15-8-7-10-18(22)2)25(30-23)26-20-12-5-4-6-13-20/h4-6,9,11-14,16-18,22H,3,7-8,10,15H2,1-2H3/b23-17-,26-25?/t18-,22-/m0/s1. The summed E-state index contributed by atoms with van der Waals surface area (Å²) in [5.41, 5.74) is 1.84. The Labute approximate surface area is 183 Å². The van der Waals surface area contributed by atoms with Gasteiger partial charge in [-0.25, -0.2) is 4.99 Å². The lowest BCUT2D eigenvalue weighted by Crippen LogP contribution is -2.44. The van der Waals surface area contributed by atoms with Gasteiger partial charge in [0.05, 0.1) is 17.2 Å². The van der Waals surface area contributed by atoms with Crippen LogP contribution in [-0.2, 0) is 4.79 Å². The molecule has 0 radical (unpaired) electrons. The highest BCUT2D eigenvalue weighted by atomic mass is 32.2. The molecule has 0 spiro atoms. The largest absolute Gasteiger partial charge is 0.494 e. The minimum absolute atomic E-state index is 0.0650. The summed E-state index contributed by atoms with van der Waals surface area (Å²) in [6.45, 7) is 4.85. The number of carbonyl (C=O) groups is 1. The summed E-state index contributed by atoms with van der Waals surface area (Å²) in [6, 6.07) is 18.0. The second-order valence-corrected chi connectivity index (χ2v) is 8.86. The second-order valence-electron chi connectivity index (χ2n) is 7.85. The van der Waals surface area contributed by atoms with E-state index in [1.807, 2.05) is 72.5 Å². The van der Waals surface area contributed by atoms with Gasteiger partial charge in [-0.3, -0.25) is 9.69 Å². The number of rotatable bonds is 5.